The van der Waals surface area contributed by atoms with Gasteiger partial charge in [-0.05, 0) is 56.6 Å². The normalized spacial score (nSPS) is 16.8. The highest BCUT2D eigenvalue weighted by atomic mass is 16.5. The molecule has 3 rings (SSSR count). The second-order valence-electron chi connectivity index (χ2n) is 10.2. The molecule has 0 spiro atoms. The van der Waals surface area contributed by atoms with Gasteiger partial charge in [-0.3, -0.25) is 4.79 Å². The molecule has 2 aromatic carbocycles. The van der Waals surface area contributed by atoms with Crippen molar-refractivity contribution in [1.29, 1.82) is 0 Å². The van der Waals surface area contributed by atoms with Crippen LogP contribution in [0.15, 0.2) is 60.7 Å². The second kappa shape index (κ2) is 14.0. The number of hydrogen-bond acceptors (Lipinski definition) is 4. The van der Waals surface area contributed by atoms with E-state index in [1.54, 1.807) is 0 Å². The average Bonchev–Trinajstić information content (AvgIpc) is 2.88. The average molecular weight is 495 g/mol. The number of ether oxygens (including phenoxy) is 1. The Morgan fingerprint density at radius 2 is 1.67 bits per heavy atom. The highest BCUT2D eigenvalue weighted by Crippen LogP contribution is 2.45. The predicted molar refractivity (Wildman–Crippen MR) is 142 cm³/mol. The Labute approximate surface area is 215 Å². The summed E-state index contributed by atoms with van der Waals surface area (Å²) < 4.78 is 5.65. The third-order valence-corrected chi connectivity index (χ3v) is 7.42. The molecule has 196 valence electrons. The van der Waals surface area contributed by atoms with Crippen LogP contribution < -0.4 is 10.6 Å². The van der Waals surface area contributed by atoms with E-state index in [1.165, 1.54) is 5.56 Å². The fourth-order valence-electron chi connectivity index (χ4n) is 4.91. The van der Waals surface area contributed by atoms with Crippen molar-refractivity contribution < 1.29 is 19.4 Å². The van der Waals surface area contributed by atoms with Crippen molar-refractivity contribution in [1.82, 2.24) is 10.6 Å². The zero-order chi connectivity index (χ0) is 25.8. The molecule has 2 aromatic rings. The quantitative estimate of drug-likeness (QED) is 0.314. The smallest absolute Gasteiger partial charge is 0.407 e. The summed E-state index contributed by atoms with van der Waals surface area (Å²) in [6, 6.07) is 19.1. The van der Waals surface area contributed by atoms with Gasteiger partial charge in [0, 0.05) is 5.41 Å². The highest BCUT2D eigenvalue weighted by molar-refractivity contribution is 5.82. The van der Waals surface area contributed by atoms with Crippen molar-refractivity contribution in [2.45, 2.75) is 89.8 Å². The molecule has 1 fully saturated rings. The Morgan fingerprint density at radius 3 is 2.28 bits per heavy atom. The zero-order valence-corrected chi connectivity index (χ0v) is 21.7. The van der Waals surface area contributed by atoms with E-state index < -0.39 is 24.1 Å². The van der Waals surface area contributed by atoms with Crippen LogP contribution >= 0.6 is 0 Å². The maximum absolute atomic E-state index is 12.8. The van der Waals surface area contributed by atoms with Crippen LogP contribution in [0.1, 0.15) is 82.4 Å². The van der Waals surface area contributed by atoms with Crippen LogP contribution in [0.5, 0.6) is 0 Å². The third-order valence-electron chi connectivity index (χ3n) is 7.42. The monoisotopic (exact) mass is 494 g/mol. The molecule has 0 saturated heterocycles. The molecule has 1 aliphatic carbocycles. The fraction of sp³-hybridized carbons (Fsp3) is 0.533. The number of alkyl carbamates (subject to hydrolysis) is 1. The fourth-order valence-corrected chi connectivity index (χ4v) is 4.91. The van der Waals surface area contributed by atoms with Crippen molar-refractivity contribution in [3.63, 3.8) is 0 Å². The molecule has 1 unspecified atom stereocenters. The minimum absolute atomic E-state index is 0.0478. The molecule has 1 aliphatic rings. The number of amides is 2. The lowest BCUT2D eigenvalue weighted by Crippen LogP contribution is -2.51. The molecule has 2 amide bonds. The molecular formula is C30H42N2O4. The van der Waals surface area contributed by atoms with Crippen LogP contribution in [0.3, 0.4) is 0 Å². The maximum atomic E-state index is 12.8. The first-order chi connectivity index (χ1) is 17.4. The van der Waals surface area contributed by atoms with E-state index >= 15 is 0 Å². The molecule has 0 aromatic heterocycles. The third kappa shape index (κ3) is 8.37. The number of rotatable bonds is 14. The number of aliphatic hydroxyl groups is 1. The topological polar surface area (TPSA) is 87.7 Å². The van der Waals surface area contributed by atoms with Gasteiger partial charge in [0.05, 0.1) is 18.7 Å². The first kappa shape index (κ1) is 27.7. The van der Waals surface area contributed by atoms with Crippen molar-refractivity contribution in [3.05, 3.63) is 71.8 Å². The van der Waals surface area contributed by atoms with Gasteiger partial charge in [0.15, 0.2) is 6.10 Å². The second-order valence-corrected chi connectivity index (χ2v) is 10.2. The minimum atomic E-state index is -1.35. The van der Waals surface area contributed by atoms with Gasteiger partial charge in [-0.1, -0.05) is 86.8 Å². The number of carbonyl (C=O) groups excluding carboxylic acids is 2. The van der Waals surface area contributed by atoms with Crippen LogP contribution in [0.25, 0.3) is 0 Å². The van der Waals surface area contributed by atoms with Crippen LogP contribution in [-0.4, -0.2) is 35.9 Å². The summed E-state index contributed by atoms with van der Waals surface area (Å²) in [7, 11) is 0. The zero-order valence-electron chi connectivity index (χ0n) is 21.7. The molecule has 0 aliphatic heterocycles. The number of nitrogens with one attached hydrogen (secondary N) is 2. The summed E-state index contributed by atoms with van der Waals surface area (Å²) in [4.78, 5) is 25.5. The Morgan fingerprint density at radius 1 is 1.00 bits per heavy atom. The number of unbranched alkanes of at least 4 members (excludes halogenated alkanes) is 1. The van der Waals surface area contributed by atoms with E-state index in [-0.39, 0.29) is 11.5 Å². The van der Waals surface area contributed by atoms with Gasteiger partial charge >= 0.3 is 6.09 Å². The van der Waals surface area contributed by atoms with Crippen molar-refractivity contribution in [3.8, 4) is 0 Å². The van der Waals surface area contributed by atoms with Gasteiger partial charge in [0.25, 0.3) is 5.91 Å². The van der Waals surface area contributed by atoms with Gasteiger partial charge in [-0.2, -0.15) is 0 Å². The largest absolute Gasteiger partial charge is 0.449 e. The number of carbonyl (C=O) groups is 2. The van der Waals surface area contributed by atoms with E-state index in [1.807, 2.05) is 50.2 Å². The Hall–Kier alpha value is -2.86. The lowest BCUT2D eigenvalue weighted by Gasteiger charge is -2.41. The van der Waals surface area contributed by atoms with Gasteiger partial charge in [-0.15, -0.1) is 0 Å². The standard InChI is InChI=1S/C30H42N2O4/c1-3-4-18-26(27(33)28(34)31-23(2)25-16-9-6-10-17-25)32-29(35)36-22-30(20-12-21-30)19-11-15-24-13-7-5-8-14-24/h5-10,13-14,16-17,23,26-27,33H,3-4,11-12,15,18-22H2,1-2H3,(H,31,34)(H,32,35)/t23-,26+,27?/m1/s1. The number of benzene rings is 2. The molecule has 0 bridgehead atoms. The number of aliphatic hydroxyl groups excluding tert-OH is 1. The minimum Gasteiger partial charge on any atom is -0.449 e. The van der Waals surface area contributed by atoms with E-state index in [0.717, 1.165) is 56.9 Å². The Bertz CT molecular complexity index is 930. The van der Waals surface area contributed by atoms with Crippen LogP contribution in [-0.2, 0) is 16.0 Å². The Kier molecular flexibility index (Phi) is 10.8. The molecule has 6 nitrogen and oxygen atoms in total. The maximum Gasteiger partial charge on any atom is 0.407 e. The molecular weight excluding hydrogens is 452 g/mol. The summed E-state index contributed by atoms with van der Waals surface area (Å²) in [5.41, 5.74) is 2.33. The molecule has 36 heavy (non-hydrogen) atoms. The molecule has 3 atom stereocenters. The lowest BCUT2D eigenvalue weighted by atomic mass is 9.66. The lowest BCUT2D eigenvalue weighted by molar-refractivity contribution is -0.131. The van der Waals surface area contributed by atoms with Crippen molar-refractivity contribution in [2.75, 3.05) is 6.61 Å². The summed E-state index contributed by atoms with van der Waals surface area (Å²) >= 11 is 0. The van der Waals surface area contributed by atoms with Gasteiger partial charge in [0.1, 0.15) is 0 Å². The summed E-state index contributed by atoms with van der Waals surface area (Å²) in [6.45, 7) is 4.29. The highest BCUT2D eigenvalue weighted by Gasteiger charge is 2.38. The number of aryl methyl sites for hydroxylation is 1. The van der Waals surface area contributed by atoms with Crippen molar-refractivity contribution >= 4 is 12.0 Å². The molecule has 6 heteroatoms. The molecule has 0 heterocycles. The van der Waals surface area contributed by atoms with E-state index in [0.29, 0.717) is 13.0 Å². The van der Waals surface area contributed by atoms with Crippen molar-refractivity contribution in [2.24, 2.45) is 5.41 Å². The van der Waals surface area contributed by atoms with E-state index in [9.17, 15) is 14.7 Å². The van der Waals surface area contributed by atoms with E-state index in [4.69, 9.17) is 4.74 Å². The van der Waals surface area contributed by atoms with Crippen LogP contribution in [0, 0.1) is 5.41 Å². The predicted octanol–water partition coefficient (Wildman–Crippen LogP) is 5.70. The van der Waals surface area contributed by atoms with Crippen LogP contribution in [0.4, 0.5) is 4.79 Å². The van der Waals surface area contributed by atoms with Gasteiger partial charge < -0.3 is 20.5 Å². The molecule has 3 N–H and O–H groups in total. The SMILES string of the molecule is CCCC[C@H](NC(=O)OCC1(CCCc2ccccc2)CCC1)C(O)C(=O)N[C@H](C)c1ccccc1. The molecule has 1 saturated carbocycles. The summed E-state index contributed by atoms with van der Waals surface area (Å²) in [5, 5.41) is 16.4. The number of hydrogen-bond donors (Lipinski definition) is 3. The first-order valence-corrected chi connectivity index (χ1v) is 13.4. The van der Waals surface area contributed by atoms with Gasteiger partial charge in [-0.25, -0.2) is 4.79 Å². The summed E-state index contributed by atoms with van der Waals surface area (Å²) in [5.74, 6) is -0.496. The summed E-state index contributed by atoms with van der Waals surface area (Å²) in [6.07, 6.45) is 6.68. The van der Waals surface area contributed by atoms with E-state index in [2.05, 4.69) is 34.9 Å². The Balaban J connectivity index is 1.49. The van der Waals surface area contributed by atoms with Gasteiger partial charge in [0.2, 0.25) is 0 Å². The first-order valence-electron chi connectivity index (χ1n) is 13.4. The molecule has 0 radical (unpaired) electrons. The van der Waals surface area contributed by atoms with Crippen LogP contribution in [0.2, 0.25) is 0 Å².